The van der Waals surface area contributed by atoms with Gasteiger partial charge in [-0.25, -0.2) is 0 Å². The molecule has 6 nitrogen and oxygen atoms in total. The second kappa shape index (κ2) is 6.80. The standard InChI is InChI=1S/C14H18N4O2S/c19-12(15-10-5-2-1-3-6-10)9-21-14-16-13(17-18-14)11-7-4-8-20-11/h4,7-8,10H,1-3,5-6,9H2,(H,15,19)(H,16,17,18). The zero-order valence-electron chi connectivity index (χ0n) is 11.7. The summed E-state index contributed by atoms with van der Waals surface area (Å²) in [6.45, 7) is 0. The van der Waals surface area contributed by atoms with Gasteiger partial charge in [-0.3, -0.25) is 9.89 Å². The number of nitrogens with one attached hydrogen (secondary N) is 2. The lowest BCUT2D eigenvalue weighted by Crippen LogP contribution is -2.37. The van der Waals surface area contributed by atoms with Crippen LogP contribution >= 0.6 is 11.8 Å². The highest BCUT2D eigenvalue weighted by atomic mass is 32.2. The van der Waals surface area contributed by atoms with E-state index in [0.717, 1.165) is 12.8 Å². The molecule has 0 atom stereocenters. The highest BCUT2D eigenvalue weighted by molar-refractivity contribution is 7.99. The number of hydrogen-bond acceptors (Lipinski definition) is 5. The Morgan fingerprint density at radius 1 is 1.43 bits per heavy atom. The molecule has 2 aromatic heterocycles. The number of thioether (sulfide) groups is 1. The van der Waals surface area contributed by atoms with Gasteiger partial charge in [0.05, 0.1) is 12.0 Å². The van der Waals surface area contributed by atoms with Crippen molar-refractivity contribution in [2.24, 2.45) is 0 Å². The lowest BCUT2D eigenvalue weighted by Gasteiger charge is -2.22. The van der Waals surface area contributed by atoms with Gasteiger partial charge in [-0.05, 0) is 25.0 Å². The molecule has 7 heteroatoms. The fraction of sp³-hybridized carbons (Fsp3) is 0.500. The van der Waals surface area contributed by atoms with Gasteiger partial charge in [0.25, 0.3) is 0 Å². The van der Waals surface area contributed by atoms with Gasteiger partial charge in [0, 0.05) is 6.04 Å². The van der Waals surface area contributed by atoms with Gasteiger partial charge in [-0.15, -0.1) is 5.10 Å². The first-order valence-corrected chi connectivity index (χ1v) is 8.18. The molecule has 0 bridgehead atoms. The Morgan fingerprint density at radius 3 is 3.05 bits per heavy atom. The number of hydrogen-bond donors (Lipinski definition) is 2. The normalized spacial score (nSPS) is 16.0. The molecule has 21 heavy (non-hydrogen) atoms. The summed E-state index contributed by atoms with van der Waals surface area (Å²) in [6.07, 6.45) is 7.49. The third-order valence-corrected chi connectivity index (χ3v) is 4.37. The molecule has 0 saturated heterocycles. The van der Waals surface area contributed by atoms with Gasteiger partial charge in [-0.1, -0.05) is 31.0 Å². The van der Waals surface area contributed by atoms with Crippen molar-refractivity contribution < 1.29 is 9.21 Å². The Hall–Kier alpha value is -1.76. The molecule has 1 aliphatic carbocycles. The summed E-state index contributed by atoms with van der Waals surface area (Å²) in [4.78, 5) is 16.2. The molecule has 0 unspecified atom stereocenters. The molecule has 2 aromatic rings. The van der Waals surface area contributed by atoms with Gasteiger partial charge >= 0.3 is 0 Å². The smallest absolute Gasteiger partial charge is 0.230 e. The van der Waals surface area contributed by atoms with Crippen molar-refractivity contribution in [2.45, 2.75) is 43.3 Å². The van der Waals surface area contributed by atoms with Crippen molar-refractivity contribution >= 4 is 17.7 Å². The van der Waals surface area contributed by atoms with Crippen molar-refractivity contribution in [1.29, 1.82) is 0 Å². The van der Waals surface area contributed by atoms with Gasteiger partial charge < -0.3 is 9.73 Å². The van der Waals surface area contributed by atoms with Crippen molar-refractivity contribution in [3.8, 4) is 11.6 Å². The molecule has 1 aliphatic rings. The van der Waals surface area contributed by atoms with Crippen LogP contribution in [0.1, 0.15) is 32.1 Å². The van der Waals surface area contributed by atoms with Crippen LogP contribution in [0.5, 0.6) is 0 Å². The number of amides is 1. The summed E-state index contributed by atoms with van der Waals surface area (Å²) in [5.41, 5.74) is 0. The van der Waals surface area contributed by atoms with E-state index < -0.39 is 0 Å². The fourth-order valence-corrected chi connectivity index (χ4v) is 3.09. The Labute approximate surface area is 127 Å². The van der Waals surface area contributed by atoms with Crippen LogP contribution in [0.25, 0.3) is 11.6 Å². The Bertz CT molecular complexity index is 576. The van der Waals surface area contributed by atoms with Crippen LogP contribution in [0, 0.1) is 0 Å². The Kier molecular flexibility index (Phi) is 4.59. The maximum absolute atomic E-state index is 11.9. The van der Waals surface area contributed by atoms with E-state index >= 15 is 0 Å². The molecule has 0 radical (unpaired) electrons. The second-order valence-electron chi connectivity index (χ2n) is 5.14. The molecule has 1 amide bonds. The van der Waals surface area contributed by atoms with E-state index in [2.05, 4.69) is 20.5 Å². The van der Waals surface area contributed by atoms with Crippen molar-refractivity contribution in [3.63, 3.8) is 0 Å². The zero-order valence-corrected chi connectivity index (χ0v) is 12.5. The third-order valence-electron chi connectivity index (χ3n) is 3.52. The minimum Gasteiger partial charge on any atom is -0.461 e. The summed E-state index contributed by atoms with van der Waals surface area (Å²) in [7, 11) is 0. The van der Waals surface area contributed by atoms with E-state index in [0.29, 0.717) is 28.5 Å². The van der Waals surface area contributed by atoms with E-state index in [4.69, 9.17) is 4.42 Å². The monoisotopic (exact) mass is 306 g/mol. The molecule has 0 aromatic carbocycles. The number of rotatable bonds is 5. The van der Waals surface area contributed by atoms with Crippen LogP contribution in [-0.4, -0.2) is 32.9 Å². The number of carbonyl (C=O) groups excluding carboxylic acids is 1. The summed E-state index contributed by atoms with van der Waals surface area (Å²) in [5, 5.41) is 10.5. The lowest BCUT2D eigenvalue weighted by atomic mass is 9.95. The summed E-state index contributed by atoms with van der Waals surface area (Å²) < 4.78 is 5.24. The predicted octanol–water partition coefficient (Wildman–Crippen LogP) is 2.61. The van der Waals surface area contributed by atoms with Crippen LogP contribution in [0.4, 0.5) is 0 Å². The van der Waals surface area contributed by atoms with Gasteiger partial charge in [-0.2, -0.15) is 4.98 Å². The predicted molar refractivity (Wildman–Crippen MR) is 79.8 cm³/mol. The van der Waals surface area contributed by atoms with Gasteiger partial charge in [0.1, 0.15) is 0 Å². The quantitative estimate of drug-likeness (QED) is 0.830. The van der Waals surface area contributed by atoms with E-state index in [9.17, 15) is 4.79 Å². The van der Waals surface area contributed by atoms with Crippen LogP contribution < -0.4 is 5.32 Å². The highest BCUT2D eigenvalue weighted by Crippen LogP contribution is 2.20. The first-order valence-electron chi connectivity index (χ1n) is 7.20. The first-order chi connectivity index (χ1) is 10.3. The third kappa shape index (κ3) is 3.87. The number of aromatic nitrogens is 3. The molecule has 2 N–H and O–H groups in total. The zero-order chi connectivity index (χ0) is 14.5. The fourth-order valence-electron chi connectivity index (χ4n) is 2.48. The number of nitrogens with zero attached hydrogens (tertiary/aromatic N) is 2. The van der Waals surface area contributed by atoms with Crippen LogP contribution in [0.2, 0.25) is 0 Å². The molecule has 1 fully saturated rings. The van der Waals surface area contributed by atoms with Crippen molar-refractivity contribution in [3.05, 3.63) is 18.4 Å². The van der Waals surface area contributed by atoms with Crippen LogP contribution in [0.15, 0.2) is 28.0 Å². The molecular weight excluding hydrogens is 288 g/mol. The molecule has 0 aliphatic heterocycles. The molecule has 0 spiro atoms. The molecular formula is C14H18N4O2S. The minimum absolute atomic E-state index is 0.0521. The summed E-state index contributed by atoms with van der Waals surface area (Å²) in [6, 6.07) is 3.95. The number of carbonyl (C=O) groups is 1. The Morgan fingerprint density at radius 2 is 2.29 bits per heavy atom. The Balaban J connectivity index is 1.47. The average Bonchev–Trinajstić information content (AvgIpc) is 3.17. The SMILES string of the molecule is O=C(CSc1n[nH]c(-c2ccco2)n1)NC1CCCCC1. The van der Waals surface area contributed by atoms with E-state index in [-0.39, 0.29) is 5.91 Å². The lowest BCUT2D eigenvalue weighted by molar-refractivity contribution is -0.119. The second-order valence-corrected chi connectivity index (χ2v) is 6.08. The molecule has 3 rings (SSSR count). The maximum Gasteiger partial charge on any atom is 0.230 e. The average molecular weight is 306 g/mol. The summed E-state index contributed by atoms with van der Waals surface area (Å²) >= 11 is 1.33. The minimum atomic E-state index is 0.0521. The van der Waals surface area contributed by atoms with E-state index in [1.54, 1.807) is 12.3 Å². The molecule has 2 heterocycles. The molecule has 112 valence electrons. The molecule has 1 saturated carbocycles. The first kappa shape index (κ1) is 14.2. The van der Waals surface area contributed by atoms with Crippen LogP contribution in [-0.2, 0) is 4.79 Å². The van der Waals surface area contributed by atoms with Gasteiger partial charge in [0.15, 0.2) is 11.6 Å². The number of aromatic amines is 1. The highest BCUT2D eigenvalue weighted by Gasteiger charge is 2.16. The van der Waals surface area contributed by atoms with Gasteiger partial charge in [0.2, 0.25) is 11.1 Å². The van der Waals surface area contributed by atoms with Crippen LogP contribution in [0.3, 0.4) is 0 Å². The number of H-pyrrole nitrogens is 1. The largest absolute Gasteiger partial charge is 0.461 e. The maximum atomic E-state index is 11.9. The number of furan rings is 1. The topological polar surface area (TPSA) is 83.8 Å². The van der Waals surface area contributed by atoms with Crippen molar-refractivity contribution in [1.82, 2.24) is 20.5 Å². The van der Waals surface area contributed by atoms with E-state index in [1.165, 1.54) is 31.0 Å². The van der Waals surface area contributed by atoms with Crippen molar-refractivity contribution in [2.75, 3.05) is 5.75 Å². The van der Waals surface area contributed by atoms with E-state index in [1.807, 2.05) is 6.07 Å². The summed E-state index contributed by atoms with van der Waals surface area (Å²) in [5.74, 6) is 1.61.